The number of nitrogens with zero attached hydrogens (tertiary/aromatic N) is 1. The van der Waals surface area contributed by atoms with Gasteiger partial charge in [-0.05, 0) is 72.4 Å². The van der Waals surface area contributed by atoms with Crippen molar-refractivity contribution in [2.75, 3.05) is 6.54 Å². The highest BCUT2D eigenvalue weighted by atomic mass is 19.4. The molecule has 5 rings (SSSR count). The number of carbonyl (C=O) groups is 1. The van der Waals surface area contributed by atoms with Crippen molar-refractivity contribution in [2.24, 2.45) is 17.8 Å². The van der Waals surface area contributed by atoms with Crippen molar-refractivity contribution in [2.45, 2.75) is 57.4 Å². The van der Waals surface area contributed by atoms with Gasteiger partial charge in [0.25, 0.3) is 0 Å². The van der Waals surface area contributed by atoms with E-state index in [0.29, 0.717) is 36.8 Å². The standard InChI is InChI=1S/C26H29F3N2O/c1-16-10-24-22(23(16)14-30-21-11-18-4-2-3-5-19(18)12-21)13-25(32)31(24)15-17-6-8-20(9-7-17)26(27,28)29/h2-9,16,21-24,30H,10-15H2,1H3/t16-,22-,23+,24+/m0/s1. The molecule has 1 saturated heterocycles. The van der Waals surface area contributed by atoms with E-state index < -0.39 is 11.7 Å². The van der Waals surface area contributed by atoms with E-state index in [1.807, 2.05) is 4.90 Å². The maximum Gasteiger partial charge on any atom is 0.416 e. The van der Waals surface area contributed by atoms with Gasteiger partial charge < -0.3 is 10.2 Å². The Morgan fingerprint density at radius 3 is 2.28 bits per heavy atom. The van der Waals surface area contributed by atoms with Crippen LogP contribution in [0, 0.1) is 17.8 Å². The third-order valence-electron chi connectivity index (χ3n) is 7.85. The lowest BCUT2D eigenvalue weighted by molar-refractivity contribution is -0.137. The lowest BCUT2D eigenvalue weighted by Gasteiger charge is -2.25. The van der Waals surface area contributed by atoms with E-state index in [1.54, 1.807) is 0 Å². The average Bonchev–Trinajstić information content (AvgIpc) is 3.39. The molecule has 2 aromatic rings. The second-order valence-electron chi connectivity index (χ2n) is 9.81. The molecule has 1 N–H and O–H groups in total. The predicted molar refractivity (Wildman–Crippen MR) is 117 cm³/mol. The van der Waals surface area contributed by atoms with Gasteiger partial charge in [-0.2, -0.15) is 13.2 Å². The van der Waals surface area contributed by atoms with Gasteiger partial charge in [-0.25, -0.2) is 0 Å². The van der Waals surface area contributed by atoms with Gasteiger partial charge >= 0.3 is 6.18 Å². The molecule has 2 aliphatic carbocycles. The minimum atomic E-state index is -4.34. The van der Waals surface area contributed by atoms with E-state index >= 15 is 0 Å². The molecule has 6 heteroatoms. The zero-order chi connectivity index (χ0) is 22.5. The van der Waals surface area contributed by atoms with Crippen LogP contribution >= 0.6 is 0 Å². The van der Waals surface area contributed by atoms with Gasteiger partial charge in [-0.1, -0.05) is 43.3 Å². The summed E-state index contributed by atoms with van der Waals surface area (Å²) in [5.74, 6) is 1.42. The number of benzene rings is 2. The van der Waals surface area contributed by atoms with Crippen molar-refractivity contribution in [1.82, 2.24) is 10.2 Å². The van der Waals surface area contributed by atoms with Crippen LogP contribution in [0.15, 0.2) is 48.5 Å². The molecule has 2 fully saturated rings. The number of rotatable bonds is 5. The van der Waals surface area contributed by atoms with E-state index in [9.17, 15) is 18.0 Å². The fourth-order valence-corrected chi connectivity index (χ4v) is 6.15. The smallest absolute Gasteiger partial charge is 0.335 e. The Labute approximate surface area is 187 Å². The molecule has 1 amide bonds. The van der Waals surface area contributed by atoms with Crippen LogP contribution in [-0.2, 0) is 30.4 Å². The molecule has 3 aliphatic rings. The van der Waals surface area contributed by atoms with Gasteiger partial charge in [0.15, 0.2) is 0 Å². The van der Waals surface area contributed by atoms with Crippen LogP contribution in [-0.4, -0.2) is 29.4 Å². The topological polar surface area (TPSA) is 32.3 Å². The Balaban J connectivity index is 1.21. The van der Waals surface area contributed by atoms with Crippen LogP contribution in [0.25, 0.3) is 0 Å². The highest BCUT2D eigenvalue weighted by Crippen LogP contribution is 2.46. The van der Waals surface area contributed by atoms with Crippen molar-refractivity contribution in [3.05, 3.63) is 70.8 Å². The first kappa shape index (κ1) is 21.5. The third-order valence-corrected chi connectivity index (χ3v) is 7.85. The number of halogens is 3. The molecule has 0 radical (unpaired) electrons. The number of amides is 1. The molecular weight excluding hydrogens is 413 g/mol. The summed E-state index contributed by atoms with van der Waals surface area (Å²) in [6, 6.07) is 14.5. The highest BCUT2D eigenvalue weighted by molar-refractivity contribution is 5.79. The number of hydrogen-bond donors (Lipinski definition) is 1. The monoisotopic (exact) mass is 442 g/mol. The predicted octanol–water partition coefficient (Wildman–Crippen LogP) is 4.84. The van der Waals surface area contributed by atoms with Crippen LogP contribution in [0.5, 0.6) is 0 Å². The van der Waals surface area contributed by atoms with E-state index in [2.05, 4.69) is 36.5 Å². The molecule has 0 bridgehead atoms. The maximum atomic E-state index is 12.8. The summed E-state index contributed by atoms with van der Waals surface area (Å²) in [6.45, 7) is 3.58. The zero-order valence-electron chi connectivity index (χ0n) is 18.2. The molecule has 0 unspecified atom stereocenters. The fourth-order valence-electron chi connectivity index (χ4n) is 6.15. The summed E-state index contributed by atoms with van der Waals surface area (Å²) in [7, 11) is 0. The van der Waals surface area contributed by atoms with Gasteiger partial charge in [-0.15, -0.1) is 0 Å². The second kappa shape index (κ2) is 8.22. The minimum Gasteiger partial charge on any atom is -0.335 e. The number of hydrogen-bond acceptors (Lipinski definition) is 2. The van der Waals surface area contributed by atoms with Crippen molar-refractivity contribution in [3.63, 3.8) is 0 Å². The van der Waals surface area contributed by atoms with Crippen LogP contribution < -0.4 is 5.32 Å². The van der Waals surface area contributed by atoms with E-state index in [4.69, 9.17) is 0 Å². The summed E-state index contributed by atoms with van der Waals surface area (Å²) >= 11 is 0. The number of nitrogens with one attached hydrogen (secondary N) is 1. The maximum absolute atomic E-state index is 12.8. The quantitative estimate of drug-likeness (QED) is 0.719. The summed E-state index contributed by atoms with van der Waals surface area (Å²) in [5, 5.41) is 3.78. The SMILES string of the molecule is C[C@H]1C[C@@H]2[C@@H](CC(=O)N2Cc2ccc(C(F)(F)F)cc2)[C@@H]1CNC1Cc2ccccc2C1. The van der Waals surface area contributed by atoms with Gasteiger partial charge in [0, 0.05) is 25.0 Å². The van der Waals surface area contributed by atoms with E-state index in [1.165, 1.54) is 23.3 Å². The fraction of sp³-hybridized carbons (Fsp3) is 0.500. The Morgan fingerprint density at radius 1 is 1.00 bits per heavy atom. The molecule has 0 spiro atoms. The first-order valence-electron chi connectivity index (χ1n) is 11.6. The Morgan fingerprint density at radius 2 is 1.66 bits per heavy atom. The van der Waals surface area contributed by atoms with Crippen molar-refractivity contribution in [1.29, 1.82) is 0 Å². The zero-order valence-corrected chi connectivity index (χ0v) is 18.2. The first-order chi connectivity index (χ1) is 15.3. The molecule has 1 saturated carbocycles. The lowest BCUT2D eigenvalue weighted by atomic mass is 9.88. The summed E-state index contributed by atoms with van der Waals surface area (Å²) < 4.78 is 38.5. The number of alkyl halides is 3. The molecule has 1 heterocycles. The molecule has 170 valence electrons. The molecule has 1 aliphatic heterocycles. The van der Waals surface area contributed by atoms with Gasteiger partial charge in [0.05, 0.1) is 5.56 Å². The van der Waals surface area contributed by atoms with E-state index in [0.717, 1.165) is 43.5 Å². The van der Waals surface area contributed by atoms with E-state index in [-0.39, 0.29) is 11.9 Å². The largest absolute Gasteiger partial charge is 0.416 e. The van der Waals surface area contributed by atoms with Crippen LogP contribution in [0.3, 0.4) is 0 Å². The molecule has 2 aromatic carbocycles. The number of carbonyl (C=O) groups excluding carboxylic acids is 1. The molecular formula is C26H29F3N2O. The Kier molecular flexibility index (Phi) is 5.52. The third kappa shape index (κ3) is 4.05. The molecule has 32 heavy (non-hydrogen) atoms. The highest BCUT2D eigenvalue weighted by Gasteiger charge is 2.50. The molecule has 4 atom stereocenters. The normalized spacial score (nSPS) is 27.8. The Bertz CT molecular complexity index is 962. The van der Waals surface area contributed by atoms with Crippen LogP contribution in [0.1, 0.15) is 42.0 Å². The number of likely N-dealkylation sites (tertiary alicyclic amines) is 1. The van der Waals surface area contributed by atoms with Gasteiger partial charge in [0.2, 0.25) is 5.91 Å². The van der Waals surface area contributed by atoms with Crippen molar-refractivity contribution in [3.8, 4) is 0 Å². The second-order valence-corrected chi connectivity index (χ2v) is 9.81. The van der Waals surface area contributed by atoms with Crippen LogP contribution in [0.4, 0.5) is 13.2 Å². The molecule has 3 nitrogen and oxygen atoms in total. The lowest BCUT2D eigenvalue weighted by Crippen LogP contribution is -2.37. The first-order valence-corrected chi connectivity index (χ1v) is 11.6. The van der Waals surface area contributed by atoms with Gasteiger partial charge in [0.1, 0.15) is 0 Å². The minimum absolute atomic E-state index is 0.130. The Hall–Kier alpha value is -2.34. The summed E-state index contributed by atoms with van der Waals surface area (Å²) in [4.78, 5) is 14.7. The van der Waals surface area contributed by atoms with Crippen molar-refractivity contribution < 1.29 is 18.0 Å². The number of fused-ring (bicyclic) bond motifs is 2. The van der Waals surface area contributed by atoms with Crippen molar-refractivity contribution >= 4 is 5.91 Å². The van der Waals surface area contributed by atoms with Crippen LogP contribution in [0.2, 0.25) is 0 Å². The van der Waals surface area contributed by atoms with Gasteiger partial charge in [-0.3, -0.25) is 4.79 Å². The summed E-state index contributed by atoms with van der Waals surface area (Å²) in [6.07, 6.45) is -0.704. The average molecular weight is 443 g/mol. The molecule has 0 aromatic heterocycles. The summed E-state index contributed by atoms with van der Waals surface area (Å²) in [5.41, 5.74) is 2.97.